The van der Waals surface area contributed by atoms with Gasteiger partial charge in [-0.15, -0.1) is 11.3 Å². The standard InChI is InChI=1S/C17H21N3O3S/c1-19-6-4-10(5-7-19)15-11-8-20(17(23)12(11)9-24-15)13-2-3-14(21)18-16(13)22/h9-10,13H,2-8H2,1H3,(H,18,21,22). The van der Waals surface area contributed by atoms with E-state index in [0.29, 0.717) is 25.3 Å². The van der Waals surface area contributed by atoms with Crippen molar-refractivity contribution in [1.29, 1.82) is 0 Å². The molecule has 128 valence electrons. The fourth-order valence-corrected chi connectivity index (χ4v) is 5.21. The molecule has 1 aromatic rings. The molecule has 1 N–H and O–H groups in total. The number of likely N-dealkylation sites (tertiary alicyclic amines) is 1. The Morgan fingerprint density at radius 3 is 2.62 bits per heavy atom. The lowest BCUT2D eigenvalue weighted by Crippen LogP contribution is -2.52. The van der Waals surface area contributed by atoms with Gasteiger partial charge in [-0.2, -0.15) is 0 Å². The number of piperidine rings is 2. The molecule has 1 aromatic heterocycles. The second-order valence-electron chi connectivity index (χ2n) is 6.97. The van der Waals surface area contributed by atoms with Gasteiger partial charge in [0.2, 0.25) is 11.8 Å². The van der Waals surface area contributed by atoms with E-state index in [-0.39, 0.29) is 17.7 Å². The van der Waals surface area contributed by atoms with Crippen LogP contribution in [0.25, 0.3) is 0 Å². The van der Waals surface area contributed by atoms with Crippen molar-refractivity contribution in [2.24, 2.45) is 0 Å². The summed E-state index contributed by atoms with van der Waals surface area (Å²) in [5.41, 5.74) is 1.88. The minimum atomic E-state index is -0.516. The summed E-state index contributed by atoms with van der Waals surface area (Å²) in [6.45, 7) is 2.68. The molecule has 3 aliphatic heterocycles. The highest BCUT2D eigenvalue weighted by Crippen LogP contribution is 2.40. The van der Waals surface area contributed by atoms with E-state index in [4.69, 9.17) is 0 Å². The summed E-state index contributed by atoms with van der Waals surface area (Å²) in [5.74, 6) is -0.127. The second-order valence-corrected chi connectivity index (χ2v) is 7.88. The van der Waals surface area contributed by atoms with E-state index in [9.17, 15) is 14.4 Å². The van der Waals surface area contributed by atoms with Crippen LogP contribution in [0.3, 0.4) is 0 Å². The Morgan fingerprint density at radius 1 is 1.17 bits per heavy atom. The molecule has 0 aromatic carbocycles. The van der Waals surface area contributed by atoms with Crippen LogP contribution in [0.4, 0.5) is 0 Å². The number of carbonyl (C=O) groups is 3. The van der Waals surface area contributed by atoms with Crippen molar-refractivity contribution in [2.45, 2.75) is 44.2 Å². The first-order valence-corrected chi connectivity index (χ1v) is 9.36. The molecule has 24 heavy (non-hydrogen) atoms. The molecule has 1 unspecified atom stereocenters. The van der Waals surface area contributed by atoms with E-state index in [0.717, 1.165) is 37.1 Å². The van der Waals surface area contributed by atoms with Gasteiger partial charge in [0.15, 0.2) is 0 Å². The minimum Gasteiger partial charge on any atom is -0.322 e. The quantitative estimate of drug-likeness (QED) is 0.819. The summed E-state index contributed by atoms with van der Waals surface area (Å²) < 4.78 is 0. The molecule has 0 radical (unpaired) electrons. The van der Waals surface area contributed by atoms with Gasteiger partial charge >= 0.3 is 0 Å². The number of carbonyl (C=O) groups excluding carboxylic acids is 3. The fraction of sp³-hybridized carbons (Fsp3) is 0.588. The van der Waals surface area contributed by atoms with Crippen LogP contribution in [0.5, 0.6) is 0 Å². The molecule has 4 rings (SSSR count). The predicted molar refractivity (Wildman–Crippen MR) is 89.8 cm³/mol. The summed E-state index contributed by atoms with van der Waals surface area (Å²) in [4.78, 5) is 41.5. The topological polar surface area (TPSA) is 69.7 Å². The number of imide groups is 1. The van der Waals surface area contributed by atoms with Crippen LogP contribution in [-0.4, -0.2) is 53.7 Å². The minimum absolute atomic E-state index is 0.0603. The number of thiophene rings is 1. The van der Waals surface area contributed by atoms with Crippen molar-refractivity contribution < 1.29 is 14.4 Å². The highest BCUT2D eigenvalue weighted by Gasteiger charge is 2.41. The molecule has 3 amide bonds. The molecule has 0 saturated carbocycles. The SMILES string of the molecule is CN1CCC(c2scc3c2CN(C2CCC(=O)NC2=O)C3=O)CC1. The summed E-state index contributed by atoms with van der Waals surface area (Å²) >= 11 is 1.69. The molecular weight excluding hydrogens is 326 g/mol. The molecule has 4 heterocycles. The van der Waals surface area contributed by atoms with Crippen molar-refractivity contribution >= 4 is 29.1 Å². The van der Waals surface area contributed by atoms with E-state index < -0.39 is 6.04 Å². The summed E-state index contributed by atoms with van der Waals surface area (Å²) in [7, 11) is 2.14. The molecule has 0 spiro atoms. The van der Waals surface area contributed by atoms with Gasteiger partial charge in [-0.25, -0.2) is 0 Å². The first-order chi connectivity index (χ1) is 11.5. The third-order valence-electron chi connectivity index (χ3n) is 5.42. The zero-order chi connectivity index (χ0) is 16.8. The number of hydrogen-bond acceptors (Lipinski definition) is 5. The predicted octanol–water partition coefficient (Wildman–Crippen LogP) is 1.32. The number of hydrogen-bond donors (Lipinski definition) is 1. The summed E-state index contributed by atoms with van der Waals surface area (Å²) in [6, 6.07) is -0.516. The number of nitrogens with one attached hydrogen (secondary N) is 1. The molecule has 6 nitrogen and oxygen atoms in total. The van der Waals surface area contributed by atoms with E-state index in [1.54, 1.807) is 16.2 Å². The van der Waals surface area contributed by atoms with E-state index >= 15 is 0 Å². The number of amides is 3. The van der Waals surface area contributed by atoms with Gasteiger partial charge in [0.05, 0.1) is 5.56 Å². The summed E-state index contributed by atoms with van der Waals surface area (Å²) in [6.07, 6.45) is 2.97. The number of nitrogens with zero attached hydrogens (tertiary/aromatic N) is 2. The number of fused-ring (bicyclic) bond motifs is 1. The van der Waals surface area contributed by atoms with E-state index in [2.05, 4.69) is 17.3 Å². The molecule has 3 aliphatic rings. The Hall–Kier alpha value is -1.73. The van der Waals surface area contributed by atoms with Crippen LogP contribution < -0.4 is 5.32 Å². The van der Waals surface area contributed by atoms with Crippen molar-refractivity contribution in [3.63, 3.8) is 0 Å². The van der Waals surface area contributed by atoms with E-state index in [1.165, 1.54) is 4.88 Å². The van der Waals surface area contributed by atoms with Gasteiger partial charge in [-0.3, -0.25) is 19.7 Å². The Kier molecular flexibility index (Phi) is 3.92. The molecule has 7 heteroatoms. The average molecular weight is 347 g/mol. The van der Waals surface area contributed by atoms with Crippen LogP contribution in [0, 0.1) is 0 Å². The lowest BCUT2D eigenvalue weighted by Gasteiger charge is -2.30. The van der Waals surface area contributed by atoms with Gasteiger partial charge in [0.25, 0.3) is 5.91 Å². The smallest absolute Gasteiger partial charge is 0.256 e. The first-order valence-electron chi connectivity index (χ1n) is 8.48. The van der Waals surface area contributed by atoms with Crippen LogP contribution in [0.1, 0.15) is 52.4 Å². The third kappa shape index (κ3) is 2.56. The van der Waals surface area contributed by atoms with Crippen LogP contribution in [-0.2, 0) is 16.1 Å². The van der Waals surface area contributed by atoms with Crippen LogP contribution in [0.2, 0.25) is 0 Å². The van der Waals surface area contributed by atoms with Crippen molar-refractivity contribution in [3.05, 3.63) is 21.4 Å². The third-order valence-corrected chi connectivity index (χ3v) is 6.61. The lowest BCUT2D eigenvalue weighted by molar-refractivity contribution is -0.136. The maximum atomic E-state index is 12.7. The fourth-order valence-electron chi connectivity index (χ4n) is 3.98. The normalized spacial score (nSPS) is 26.0. The van der Waals surface area contributed by atoms with Gasteiger partial charge in [0.1, 0.15) is 6.04 Å². The Labute approximate surface area is 144 Å². The van der Waals surface area contributed by atoms with Gasteiger partial charge in [0, 0.05) is 23.2 Å². The maximum absolute atomic E-state index is 12.7. The Balaban J connectivity index is 1.55. The molecule has 0 aliphatic carbocycles. The highest BCUT2D eigenvalue weighted by atomic mass is 32.1. The lowest BCUT2D eigenvalue weighted by atomic mass is 9.92. The molecular formula is C17H21N3O3S. The first kappa shape index (κ1) is 15.8. The van der Waals surface area contributed by atoms with Gasteiger partial charge < -0.3 is 9.80 Å². The largest absolute Gasteiger partial charge is 0.322 e. The van der Waals surface area contributed by atoms with Crippen molar-refractivity contribution in [3.8, 4) is 0 Å². The van der Waals surface area contributed by atoms with E-state index in [1.807, 2.05) is 5.38 Å². The van der Waals surface area contributed by atoms with Gasteiger partial charge in [-0.05, 0) is 50.9 Å². The van der Waals surface area contributed by atoms with Crippen molar-refractivity contribution in [1.82, 2.24) is 15.1 Å². The number of rotatable bonds is 2. The molecule has 1 atom stereocenters. The Bertz CT molecular complexity index is 706. The van der Waals surface area contributed by atoms with Gasteiger partial charge in [-0.1, -0.05) is 0 Å². The van der Waals surface area contributed by atoms with Crippen LogP contribution >= 0.6 is 11.3 Å². The zero-order valence-electron chi connectivity index (χ0n) is 13.7. The molecule has 2 fully saturated rings. The highest BCUT2D eigenvalue weighted by molar-refractivity contribution is 7.10. The zero-order valence-corrected chi connectivity index (χ0v) is 14.5. The monoisotopic (exact) mass is 347 g/mol. The molecule has 2 saturated heterocycles. The average Bonchev–Trinajstić information content (AvgIpc) is 3.09. The second kappa shape index (κ2) is 5.97. The summed E-state index contributed by atoms with van der Waals surface area (Å²) in [5, 5.41) is 4.31. The Morgan fingerprint density at radius 2 is 1.92 bits per heavy atom. The van der Waals surface area contributed by atoms with Crippen LogP contribution in [0.15, 0.2) is 5.38 Å². The maximum Gasteiger partial charge on any atom is 0.256 e. The molecule has 0 bridgehead atoms. The van der Waals surface area contributed by atoms with Crippen molar-refractivity contribution in [2.75, 3.05) is 20.1 Å².